The quantitative estimate of drug-likeness (QED) is 0.485. The zero-order chi connectivity index (χ0) is 12.9. The van der Waals surface area contributed by atoms with E-state index in [-0.39, 0.29) is 12.3 Å². The molecule has 0 saturated heterocycles. The summed E-state index contributed by atoms with van der Waals surface area (Å²) >= 11 is 1.37. The van der Waals surface area contributed by atoms with Gasteiger partial charge in [-0.15, -0.1) is 0 Å². The summed E-state index contributed by atoms with van der Waals surface area (Å²) in [6.07, 6.45) is 1.84. The number of thioether (sulfide) groups is 1. The van der Waals surface area contributed by atoms with E-state index in [1.165, 1.54) is 18.8 Å². The molecule has 1 heterocycles. The summed E-state index contributed by atoms with van der Waals surface area (Å²) in [4.78, 5) is 8.13. The first-order valence-electron chi connectivity index (χ1n) is 4.80. The van der Waals surface area contributed by atoms with Crippen molar-refractivity contribution in [3.8, 4) is 0 Å². The highest BCUT2D eigenvalue weighted by molar-refractivity contribution is 7.98. The van der Waals surface area contributed by atoms with Crippen LogP contribution in [0.2, 0.25) is 0 Å². The number of nitrogens with zero attached hydrogens (tertiary/aromatic N) is 2. The number of sulfonamides is 1. The molecule has 1 aromatic rings. The molecule has 0 aliphatic rings. The van der Waals surface area contributed by atoms with Gasteiger partial charge in [-0.1, -0.05) is 11.8 Å². The van der Waals surface area contributed by atoms with Crippen molar-refractivity contribution in [3.05, 3.63) is 6.07 Å². The number of hydrogen-bond donors (Lipinski definition) is 3. The lowest BCUT2D eigenvalue weighted by Gasteiger charge is -2.07. The second-order valence-corrected chi connectivity index (χ2v) is 5.93. The average Bonchev–Trinajstić information content (AvgIpc) is 2.28. The van der Waals surface area contributed by atoms with Gasteiger partial charge in [0.25, 0.3) is 0 Å². The molecule has 0 radical (unpaired) electrons. The molecule has 0 saturated carbocycles. The molecule has 96 valence electrons. The molecule has 1 rings (SSSR count). The molecule has 0 spiro atoms. The summed E-state index contributed by atoms with van der Waals surface area (Å²) in [7, 11) is -1.83. The zero-order valence-corrected chi connectivity index (χ0v) is 11.2. The number of nitrogen functional groups attached to an aromatic ring is 1. The molecular weight excluding hydrogens is 262 g/mol. The molecule has 0 aliphatic carbocycles. The highest BCUT2D eigenvalue weighted by Crippen LogP contribution is 2.14. The lowest BCUT2D eigenvalue weighted by atomic mass is 10.5. The van der Waals surface area contributed by atoms with Crippen LogP contribution in [0.1, 0.15) is 0 Å². The highest BCUT2D eigenvalue weighted by Gasteiger charge is 2.07. The van der Waals surface area contributed by atoms with Gasteiger partial charge in [-0.25, -0.2) is 23.1 Å². The van der Waals surface area contributed by atoms with E-state index in [1.807, 2.05) is 6.26 Å². The van der Waals surface area contributed by atoms with E-state index in [4.69, 9.17) is 5.73 Å². The standard InChI is InChI=1S/C8H15N5O2S2/c1-10-17(14,15)4-3-11-7-5-6(9)12-8(13-7)16-2/h5,10H,3-4H2,1-2H3,(H3,9,11,12,13). The molecule has 9 heteroatoms. The van der Waals surface area contributed by atoms with E-state index in [9.17, 15) is 8.42 Å². The Morgan fingerprint density at radius 2 is 2.18 bits per heavy atom. The maximum absolute atomic E-state index is 11.2. The van der Waals surface area contributed by atoms with Crippen LogP contribution in [0, 0.1) is 0 Å². The predicted molar refractivity (Wildman–Crippen MR) is 69.6 cm³/mol. The second kappa shape index (κ2) is 6.03. The first-order chi connectivity index (χ1) is 7.96. The first-order valence-corrected chi connectivity index (χ1v) is 7.68. The maximum atomic E-state index is 11.2. The number of hydrogen-bond acceptors (Lipinski definition) is 7. The fraction of sp³-hybridized carbons (Fsp3) is 0.500. The van der Waals surface area contributed by atoms with E-state index in [0.717, 1.165) is 0 Å². The molecule has 0 amide bonds. The van der Waals surface area contributed by atoms with Crippen LogP contribution in [0.4, 0.5) is 11.6 Å². The van der Waals surface area contributed by atoms with E-state index < -0.39 is 10.0 Å². The van der Waals surface area contributed by atoms with Crippen LogP contribution in [0.3, 0.4) is 0 Å². The molecular formula is C8H15N5O2S2. The van der Waals surface area contributed by atoms with E-state index in [2.05, 4.69) is 20.0 Å². The SMILES string of the molecule is CNS(=O)(=O)CCNc1cc(N)nc(SC)n1. The van der Waals surface area contributed by atoms with Gasteiger partial charge in [-0.3, -0.25) is 0 Å². The van der Waals surface area contributed by atoms with Gasteiger partial charge < -0.3 is 11.1 Å². The van der Waals surface area contributed by atoms with E-state index in [1.54, 1.807) is 6.07 Å². The first kappa shape index (κ1) is 14.0. The van der Waals surface area contributed by atoms with Crippen molar-refractivity contribution in [2.24, 2.45) is 0 Å². The average molecular weight is 277 g/mol. The Morgan fingerprint density at radius 3 is 2.76 bits per heavy atom. The molecule has 0 atom stereocenters. The van der Waals surface area contributed by atoms with Crippen molar-refractivity contribution in [1.29, 1.82) is 0 Å². The van der Waals surface area contributed by atoms with Gasteiger partial charge in [0.05, 0.1) is 5.75 Å². The minimum absolute atomic E-state index is 0.0258. The summed E-state index contributed by atoms with van der Waals surface area (Å²) in [5.41, 5.74) is 5.58. The summed E-state index contributed by atoms with van der Waals surface area (Å²) in [6, 6.07) is 1.56. The Kier molecular flexibility index (Phi) is 4.97. The normalized spacial score (nSPS) is 11.4. The van der Waals surface area contributed by atoms with Gasteiger partial charge in [0.2, 0.25) is 10.0 Å². The Hall–Kier alpha value is -1.06. The molecule has 1 aromatic heterocycles. The lowest BCUT2D eigenvalue weighted by molar-refractivity contribution is 0.588. The fourth-order valence-corrected chi connectivity index (χ4v) is 2.00. The van der Waals surface area contributed by atoms with Gasteiger partial charge in [0.15, 0.2) is 5.16 Å². The second-order valence-electron chi connectivity index (χ2n) is 3.11. The van der Waals surface area contributed by atoms with Crippen LogP contribution in [0.25, 0.3) is 0 Å². The van der Waals surface area contributed by atoms with Crippen LogP contribution < -0.4 is 15.8 Å². The van der Waals surface area contributed by atoms with E-state index in [0.29, 0.717) is 16.8 Å². The van der Waals surface area contributed by atoms with Crippen molar-refractivity contribution in [1.82, 2.24) is 14.7 Å². The Balaban J connectivity index is 2.61. The summed E-state index contributed by atoms with van der Waals surface area (Å²) in [5, 5.41) is 3.43. The summed E-state index contributed by atoms with van der Waals surface area (Å²) < 4.78 is 24.6. The third kappa shape index (κ3) is 4.75. The molecule has 0 aliphatic heterocycles. The minimum Gasteiger partial charge on any atom is -0.383 e. The number of rotatable bonds is 6. The molecule has 17 heavy (non-hydrogen) atoms. The summed E-state index contributed by atoms with van der Waals surface area (Å²) in [6.45, 7) is 0.257. The van der Waals surface area contributed by atoms with Crippen LogP contribution in [-0.2, 0) is 10.0 Å². The zero-order valence-electron chi connectivity index (χ0n) is 9.60. The van der Waals surface area contributed by atoms with Gasteiger partial charge in [-0.2, -0.15) is 0 Å². The molecule has 4 N–H and O–H groups in total. The fourth-order valence-electron chi connectivity index (χ4n) is 1.04. The predicted octanol–water partition coefficient (Wildman–Crippen LogP) is -0.258. The Morgan fingerprint density at radius 1 is 1.47 bits per heavy atom. The van der Waals surface area contributed by atoms with E-state index >= 15 is 0 Å². The number of nitrogens with one attached hydrogen (secondary N) is 2. The number of nitrogens with two attached hydrogens (primary N) is 1. The number of aromatic nitrogens is 2. The van der Waals surface area contributed by atoms with Crippen molar-refractivity contribution < 1.29 is 8.42 Å². The Bertz CT molecular complexity index is 477. The van der Waals surface area contributed by atoms with Crippen LogP contribution >= 0.6 is 11.8 Å². The third-order valence-corrected chi connectivity index (χ3v) is 3.81. The van der Waals surface area contributed by atoms with Crippen molar-refractivity contribution in [2.45, 2.75) is 5.16 Å². The largest absolute Gasteiger partial charge is 0.383 e. The van der Waals surface area contributed by atoms with Gasteiger partial charge >= 0.3 is 0 Å². The molecule has 0 fully saturated rings. The van der Waals surface area contributed by atoms with Gasteiger partial charge in [0, 0.05) is 12.6 Å². The van der Waals surface area contributed by atoms with Crippen LogP contribution in [0.5, 0.6) is 0 Å². The maximum Gasteiger partial charge on any atom is 0.213 e. The smallest absolute Gasteiger partial charge is 0.213 e. The van der Waals surface area contributed by atoms with Gasteiger partial charge in [-0.05, 0) is 13.3 Å². The van der Waals surface area contributed by atoms with Gasteiger partial charge in [0.1, 0.15) is 11.6 Å². The molecule has 0 bridgehead atoms. The highest BCUT2D eigenvalue weighted by atomic mass is 32.2. The number of anilines is 2. The minimum atomic E-state index is -3.21. The van der Waals surface area contributed by atoms with Crippen LogP contribution in [0.15, 0.2) is 11.2 Å². The van der Waals surface area contributed by atoms with Crippen LogP contribution in [-0.4, -0.2) is 44.0 Å². The van der Waals surface area contributed by atoms with Crippen molar-refractivity contribution in [2.75, 3.05) is 36.7 Å². The molecule has 7 nitrogen and oxygen atoms in total. The lowest BCUT2D eigenvalue weighted by Crippen LogP contribution is -2.26. The van der Waals surface area contributed by atoms with Crippen molar-refractivity contribution >= 4 is 33.4 Å². The monoisotopic (exact) mass is 277 g/mol. The summed E-state index contributed by atoms with van der Waals surface area (Å²) in [5.74, 6) is 0.846. The topological polar surface area (TPSA) is 110 Å². The third-order valence-electron chi connectivity index (χ3n) is 1.90. The van der Waals surface area contributed by atoms with Crippen molar-refractivity contribution in [3.63, 3.8) is 0 Å². The molecule has 0 aromatic carbocycles. The molecule has 0 unspecified atom stereocenters. The Labute approximate surface area is 105 Å².